The van der Waals surface area contributed by atoms with E-state index in [1.54, 1.807) is 0 Å². The molecule has 1 fully saturated rings. The summed E-state index contributed by atoms with van der Waals surface area (Å²) in [7, 11) is 0. The molecule has 102 valence electrons. The number of benzene rings is 1. The molecule has 1 aliphatic carbocycles. The van der Waals surface area contributed by atoms with E-state index in [9.17, 15) is 4.79 Å². The highest BCUT2D eigenvalue weighted by atomic mass is 16.7. The molecule has 1 amide bonds. The molecule has 1 saturated carbocycles. The summed E-state index contributed by atoms with van der Waals surface area (Å²) in [6, 6.07) is 8.06. The van der Waals surface area contributed by atoms with E-state index in [0.717, 1.165) is 25.8 Å². The zero-order valence-corrected chi connectivity index (χ0v) is 11.0. The van der Waals surface area contributed by atoms with Gasteiger partial charge in [0.25, 0.3) is 5.91 Å². The number of hydroxylamine groups is 1. The van der Waals surface area contributed by atoms with Crippen LogP contribution in [0, 0.1) is 0 Å². The molecule has 0 radical (unpaired) electrons. The molecule has 1 aliphatic heterocycles. The van der Waals surface area contributed by atoms with Gasteiger partial charge in [-0.1, -0.05) is 37.1 Å². The van der Waals surface area contributed by atoms with Crippen LogP contribution in [0.5, 0.6) is 0 Å². The van der Waals surface area contributed by atoms with Gasteiger partial charge < -0.3 is 5.32 Å². The van der Waals surface area contributed by atoms with Crippen LogP contribution in [0.25, 0.3) is 0 Å². The first-order chi connectivity index (χ1) is 9.33. The van der Waals surface area contributed by atoms with Gasteiger partial charge in [-0.2, -0.15) is 0 Å². The van der Waals surface area contributed by atoms with Crippen molar-refractivity contribution >= 4 is 5.91 Å². The normalized spacial score (nSPS) is 23.1. The number of amides is 1. The van der Waals surface area contributed by atoms with Crippen LogP contribution in [0.3, 0.4) is 0 Å². The Morgan fingerprint density at radius 3 is 2.74 bits per heavy atom. The molecule has 19 heavy (non-hydrogen) atoms. The minimum atomic E-state index is -0.184. The first kappa shape index (κ1) is 12.6. The van der Waals surface area contributed by atoms with E-state index < -0.39 is 0 Å². The molecule has 0 bridgehead atoms. The van der Waals surface area contributed by atoms with Crippen molar-refractivity contribution in [3.8, 4) is 0 Å². The summed E-state index contributed by atoms with van der Waals surface area (Å²) in [6.07, 6.45) is 5.46. The molecule has 2 aliphatic rings. The van der Waals surface area contributed by atoms with Gasteiger partial charge in [-0.3, -0.25) is 9.63 Å². The van der Waals surface area contributed by atoms with Crippen LogP contribution in [-0.4, -0.2) is 18.1 Å². The topological polar surface area (TPSA) is 50.4 Å². The molecule has 1 atom stereocenters. The molecule has 1 aromatic carbocycles. The van der Waals surface area contributed by atoms with Gasteiger partial charge in [-0.05, 0) is 30.4 Å². The second-order valence-corrected chi connectivity index (χ2v) is 5.40. The highest BCUT2D eigenvalue weighted by Gasteiger charge is 2.25. The number of hydrogen-bond acceptors (Lipinski definition) is 3. The molecule has 1 heterocycles. The van der Waals surface area contributed by atoms with Crippen molar-refractivity contribution < 1.29 is 9.63 Å². The smallest absolute Gasteiger partial charge is 0.261 e. The number of nitrogens with one attached hydrogen (secondary N) is 2. The molecule has 1 aromatic rings. The monoisotopic (exact) mass is 260 g/mol. The van der Waals surface area contributed by atoms with Gasteiger partial charge in [-0.15, -0.1) is 0 Å². The fraction of sp³-hybridized carbons (Fsp3) is 0.533. The van der Waals surface area contributed by atoms with Crippen molar-refractivity contribution in [3.05, 3.63) is 35.4 Å². The number of rotatable bonds is 3. The fourth-order valence-corrected chi connectivity index (χ4v) is 2.86. The SMILES string of the molecule is O=C(NOC1CCCC1)[C@H]1Cc2ccccc2CN1. The Morgan fingerprint density at radius 2 is 1.95 bits per heavy atom. The van der Waals surface area contributed by atoms with E-state index in [-0.39, 0.29) is 18.1 Å². The number of fused-ring (bicyclic) bond motifs is 1. The standard InChI is InChI=1S/C15H20N2O2/c18-15(17-19-13-7-3-4-8-13)14-9-11-5-1-2-6-12(11)10-16-14/h1-2,5-6,13-14,16H,3-4,7-10H2,(H,17,18)/t14-/m1/s1. The second kappa shape index (κ2) is 5.72. The quantitative estimate of drug-likeness (QED) is 0.813. The van der Waals surface area contributed by atoms with Crippen LogP contribution < -0.4 is 10.8 Å². The molecular formula is C15H20N2O2. The first-order valence-electron chi connectivity index (χ1n) is 7.08. The minimum absolute atomic E-state index is 0.0543. The predicted molar refractivity (Wildman–Crippen MR) is 72.3 cm³/mol. The molecule has 3 rings (SSSR count). The third-order valence-corrected chi connectivity index (χ3v) is 4.03. The second-order valence-electron chi connectivity index (χ2n) is 5.40. The van der Waals surface area contributed by atoms with Gasteiger partial charge in [0.2, 0.25) is 0 Å². The molecule has 4 nitrogen and oxygen atoms in total. The van der Waals surface area contributed by atoms with Crippen LogP contribution in [0.1, 0.15) is 36.8 Å². The van der Waals surface area contributed by atoms with E-state index >= 15 is 0 Å². The zero-order valence-electron chi connectivity index (χ0n) is 11.0. The summed E-state index contributed by atoms with van der Waals surface area (Å²) in [6.45, 7) is 0.748. The van der Waals surface area contributed by atoms with E-state index in [1.807, 2.05) is 12.1 Å². The van der Waals surface area contributed by atoms with Gasteiger partial charge in [0.15, 0.2) is 0 Å². The molecule has 2 N–H and O–H groups in total. The molecule has 0 spiro atoms. The Labute approximate surface area is 113 Å². The van der Waals surface area contributed by atoms with Gasteiger partial charge in [0, 0.05) is 6.54 Å². The van der Waals surface area contributed by atoms with E-state index in [0.29, 0.717) is 0 Å². The summed E-state index contributed by atoms with van der Waals surface area (Å²) in [4.78, 5) is 17.5. The Balaban J connectivity index is 1.54. The van der Waals surface area contributed by atoms with E-state index in [2.05, 4.69) is 22.9 Å². The lowest BCUT2D eigenvalue weighted by molar-refractivity contribution is -0.140. The van der Waals surface area contributed by atoms with Crippen molar-refractivity contribution in [3.63, 3.8) is 0 Å². The van der Waals surface area contributed by atoms with Gasteiger partial charge in [-0.25, -0.2) is 5.48 Å². The van der Waals surface area contributed by atoms with Crippen molar-refractivity contribution in [2.24, 2.45) is 0 Å². The van der Waals surface area contributed by atoms with Gasteiger partial charge in [0.05, 0.1) is 12.1 Å². The highest BCUT2D eigenvalue weighted by molar-refractivity contribution is 5.81. The van der Waals surface area contributed by atoms with Crippen LogP contribution >= 0.6 is 0 Å². The highest BCUT2D eigenvalue weighted by Crippen LogP contribution is 2.20. The van der Waals surface area contributed by atoms with Crippen molar-refractivity contribution in [2.75, 3.05) is 0 Å². The molecule has 0 unspecified atom stereocenters. The van der Waals surface area contributed by atoms with Crippen LogP contribution in [0.15, 0.2) is 24.3 Å². The van der Waals surface area contributed by atoms with E-state index in [4.69, 9.17) is 4.84 Å². The van der Waals surface area contributed by atoms with Crippen LogP contribution in [0.4, 0.5) is 0 Å². The van der Waals surface area contributed by atoms with Gasteiger partial charge in [0.1, 0.15) is 0 Å². The van der Waals surface area contributed by atoms with Crippen LogP contribution in [0.2, 0.25) is 0 Å². The molecular weight excluding hydrogens is 240 g/mol. The Hall–Kier alpha value is -1.39. The molecule has 0 aromatic heterocycles. The Bertz CT molecular complexity index is 455. The summed E-state index contributed by atoms with van der Waals surface area (Å²) in [5, 5.41) is 3.26. The summed E-state index contributed by atoms with van der Waals surface area (Å²) < 4.78 is 0. The number of carbonyl (C=O) groups excluding carboxylic acids is 1. The average Bonchev–Trinajstić information content (AvgIpc) is 2.97. The van der Waals surface area contributed by atoms with Gasteiger partial charge >= 0.3 is 0 Å². The minimum Gasteiger partial charge on any atom is -0.301 e. The first-order valence-corrected chi connectivity index (χ1v) is 7.08. The fourth-order valence-electron chi connectivity index (χ4n) is 2.86. The maximum absolute atomic E-state index is 12.1. The Morgan fingerprint density at radius 1 is 1.21 bits per heavy atom. The largest absolute Gasteiger partial charge is 0.301 e. The maximum Gasteiger partial charge on any atom is 0.261 e. The predicted octanol–water partition coefficient (Wildman–Crippen LogP) is 1.69. The lowest BCUT2D eigenvalue weighted by atomic mass is 9.96. The van der Waals surface area contributed by atoms with E-state index in [1.165, 1.54) is 24.0 Å². The third-order valence-electron chi connectivity index (χ3n) is 4.03. The zero-order chi connectivity index (χ0) is 13.1. The molecule has 0 saturated heterocycles. The number of carbonyl (C=O) groups is 1. The average molecular weight is 260 g/mol. The van der Waals surface area contributed by atoms with Crippen LogP contribution in [-0.2, 0) is 22.6 Å². The Kier molecular flexibility index (Phi) is 3.80. The lowest BCUT2D eigenvalue weighted by Gasteiger charge is -2.25. The summed E-state index contributed by atoms with van der Waals surface area (Å²) >= 11 is 0. The van der Waals surface area contributed by atoms with Crippen molar-refractivity contribution in [1.29, 1.82) is 0 Å². The maximum atomic E-state index is 12.1. The summed E-state index contributed by atoms with van der Waals surface area (Å²) in [5.41, 5.74) is 5.16. The van der Waals surface area contributed by atoms with Crippen molar-refractivity contribution in [2.45, 2.75) is 50.8 Å². The molecule has 4 heteroatoms. The lowest BCUT2D eigenvalue weighted by Crippen LogP contribution is -2.48. The number of hydrogen-bond donors (Lipinski definition) is 2. The van der Waals surface area contributed by atoms with Crippen molar-refractivity contribution in [1.82, 2.24) is 10.8 Å². The third kappa shape index (κ3) is 2.96. The summed E-state index contributed by atoms with van der Waals surface area (Å²) in [5.74, 6) is -0.0543.